The minimum Gasteiger partial charge on any atom is -0.338 e. The molecule has 5 nitrogen and oxygen atoms in total. The van der Waals surface area contributed by atoms with Gasteiger partial charge in [0.1, 0.15) is 12.2 Å². The molecule has 0 unspecified atom stereocenters. The van der Waals surface area contributed by atoms with E-state index in [0.717, 1.165) is 49.3 Å². The summed E-state index contributed by atoms with van der Waals surface area (Å²) in [6, 6.07) is 8.23. The van der Waals surface area contributed by atoms with Crippen molar-refractivity contribution in [2.75, 3.05) is 13.1 Å². The van der Waals surface area contributed by atoms with Crippen LogP contribution in [0.5, 0.6) is 0 Å². The summed E-state index contributed by atoms with van der Waals surface area (Å²) in [6.45, 7) is 5.69. The molecule has 2 heterocycles. The van der Waals surface area contributed by atoms with E-state index in [2.05, 4.69) is 21.7 Å². The van der Waals surface area contributed by atoms with Crippen LogP contribution in [0.1, 0.15) is 47.6 Å². The van der Waals surface area contributed by atoms with Crippen molar-refractivity contribution in [3.63, 3.8) is 0 Å². The Morgan fingerprint density at radius 2 is 2.09 bits per heavy atom. The fourth-order valence-corrected chi connectivity index (χ4v) is 3.13. The van der Waals surface area contributed by atoms with Gasteiger partial charge in [-0.25, -0.2) is 0 Å². The van der Waals surface area contributed by atoms with Crippen molar-refractivity contribution < 1.29 is 4.79 Å². The molecule has 0 atom stereocenters. The molecule has 0 spiro atoms. The maximum Gasteiger partial charge on any atom is 0.253 e. The lowest BCUT2D eigenvalue weighted by atomic mass is 10.0. The molecular formula is C17H22N4O. The van der Waals surface area contributed by atoms with Gasteiger partial charge in [-0.3, -0.25) is 4.79 Å². The highest BCUT2D eigenvalue weighted by molar-refractivity contribution is 5.94. The zero-order valence-electron chi connectivity index (χ0n) is 13.2. The SMILES string of the molecule is CCc1nncn1C1CCN(C(=O)c2cccc(C)c2)CC1. The summed E-state index contributed by atoms with van der Waals surface area (Å²) < 4.78 is 2.18. The van der Waals surface area contributed by atoms with Crippen LogP contribution < -0.4 is 0 Å². The van der Waals surface area contributed by atoms with Crippen LogP contribution in [-0.2, 0) is 6.42 Å². The second-order valence-corrected chi connectivity index (χ2v) is 5.90. The monoisotopic (exact) mass is 298 g/mol. The maximum atomic E-state index is 12.6. The number of aryl methyl sites for hydroxylation is 2. The normalized spacial score (nSPS) is 16.0. The first-order valence-electron chi connectivity index (χ1n) is 7.93. The summed E-state index contributed by atoms with van der Waals surface area (Å²) in [6.07, 6.45) is 4.63. The minimum absolute atomic E-state index is 0.140. The highest BCUT2D eigenvalue weighted by Crippen LogP contribution is 2.24. The standard InChI is InChI=1S/C17H22N4O/c1-3-16-19-18-12-21(16)15-7-9-20(10-8-15)17(22)14-6-4-5-13(2)11-14/h4-6,11-12,15H,3,7-10H2,1-2H3. The van der Waals surface area contributed by atoms with Crippen LogP contribution in [0.4, 0.5) is 0 Å². The Morgan fingerprint density at radius 3 is 2.77 bits per heavy atom. The van der Waals surface area contributed by atoms with E-state index in [0.29, 0.717) is 6.04 Å². The van der Waals surface area contributed by atoms with Crippen LogP contribution >= 0.6 is 0 Å². The van der Waals surface area contributed by atoms with E-state index in [1.165, 1.54) is 0 Å². The van der Waals surface area contributed by atoms with Crippen LogP contribution in [0.25, 0.3) is 0 Å². The highest BCUT2D eigenvalue weighted by atomic mass is 16.2. The van der Waals surface area contributed by atoms with Gasteiger partial charge in [0.2, 0.25) is 0 Å². The highest BCUT2D eigenvalue weighted by Gasteiger charge is 2.25. The first kappa shape index (κ1) is 14.8. The zero-order valence-corrected chi connectivity index (χ0v) is 13.2. The van der Waals surface area contributed by atoms with E-state index in [4.69, 9.17) is 0 Å². The van der Waals surface area contributed by atoms with E-state index in [1.807, 2.05) is 42.4 Å². The van der Waals surface area contributed by atoms with Crippen molar-refractivity contribution in [1.82, 2.24) is 19.7 Å². The molecule has 1 aliphatic heterocycles. The molecule has 1 aromatic heterocycles. The van der Waals surface area contributed by atoms with E-state index in [1.54, 1.807) is 0 Å². The first-order valence-corrected chi connectivity index (χ1v) is 7.93. The van der Waals surface area contributed by atoms with Gasteiger partial charge in [-0.15, -0.1) is 10.2 Å². The molecular weight excluding hydrogens is 276 g/mol. The number of hydrogen-bond acceptors (Lipinski definition) is 3. The molecule has 1 aromatic carbocycles. The third-order valence-corrected chi connectivity index (χ3v) is 4.37. The van der Waals surface area contributed by atoms with Gasteiger partial charge in [-0.05, 0) is 31.9 Å². The molecule has 0 saturated carbocycles. The quantitative estimate of drug-likeness (QED) is 0.875. The van der Waals surface area contributed by atoms with Crippen LogP contribution in [0, 0.1) is 6.92 Å². The van der Waals surface area contributed by atoms with Gasteiger partial charge >= 0.3 is 0 Å². The average molecular weight is 298 g/mol. The second kappa shape index (κ2) is 6.30. The lowest BCUT2D eigenvalue weighted by Gasteiger charge is -2.33. The number of carbonyl (C=O) groups excluding carboxylic acids is 1. The smallest absolute Gasteiger partial charge is 0.253 e. The van der Waals surface area contributed by atoms with Gasteiger partial charge in [0.15, 0.2) is 0 Å². The van der Waals surface area contributed by atoms with Crippen LogP contribution in [-0.4, -0.2) is 38.7 Å². The summed E-state index contributed by atoms with van der Waals surface area (Å²) in [5.41, 5.74) is 1.91. The zero-order chi connectivity index (χ0) is 15.5. The number of likely N-dealkylation sites (tertiary alicyclic amines) is 1. The Hall–Kier alpha value is -2.17. The first-order chi connectivity index (χ1) is 10.7. The van der Waals surface area contributed by atoms with Crippen molar-refractivity contribution in [2.24, 2.45) is 0 Å². The fourth-order valence-electron chi connectivity index (χ4n) is 3.13. The summed E-state index contributed by atoms with van der Waals surface area (Å²) in [4.78, 5) is 14.5. The molecule has 2 aromatic rings. The van der Waals surface area contributed by atoms with E-state index in [9.17, 15) is 4.79 Å². The van der Waals surface area contributed by atoms with Crippen molar-refractivity contribution >= 4 is 5.91 Å². The number of benzene rings is 1. The van der Waals surface area contributed by atoms with Crippen molar-refractivity contribution in [3.05, 3.63) is 47.5 Å². The number of hydrogen-bond donors (Lipinski definition) is 0. The molecule has 22 heavy (non-hydrogen) atoms. The van der Waals surface area contributed by atoms with E-state index >= 15 is 0 Å². The largest absolute Gasteiger partial charge is 0.338 e. The van der Waals surface area contributed by atoms with Gasteiger partial charge < -0.3 is 9.47 Å². The van der Waals surface area contributed by atoms with Crippen molar-refractivity contribution in [1.29, 1.82) is 0 Å². The number of rotatable bonds is 3. The van der Waals surface area contributed by atoms with Crippen molar-refractivity contribution in [3.8, 4) is 0 Å². The van der Waals surface area contributed by atoms with Crippen LogP contribution in [0.3, 0.4) is 0 Å². The van der Waals surface area contributed by atoms with E-state index in [-0.39, 0.29) is 5.91 Å². The van der Waals surface area contributed by atoms with Gasteiger partial charge in [-0.2, -0.15) is 0 Å². The Labute approximate surface area is 131 Å². The Morgan fingerprint density at radius 1 is 1.32 bits per heavy atom. The molecule has 1 fully saturated rings. The molecule has 0 radical (unpaired) electrons. The summed E-state index contributed by atoms with van der Waals surface area (Å²) in [5.74, 6) is 1.17. The molecule has 1 amide bonds. The Bertz CT molecular complexity index is 656. The minimum atomic E-state index is 0.140. The molecule has 3 rings (SSSR count). The lowest BCUT2D eigenvalue weighted by Crippen LogP contribution is -2.39. The molecule has 5 heteroatoms. The molecule has 116 valence electrons. The fraction of sp³-hybridized carbons (Fsp3) is 0.471. The van der Waals surface area contributed by atoms with E-state index < -0.39 is 0 Å². The molecule has 0 bridgehead atoms. The van der Waals surface area contributed by atoms with Crippen LogP contribution in [0.2, 0.25) is 0 Å². The maximum absolute atomic E-state index is 12.6. The number of nitrogens with zero attached hydrogens (tertiary/aromatic N) is 4. The summed E-state index contributed by atoms with van der Waals surface area (Å²) in [7, 11) is 0. The Balaban J connectivity index is 1.65. The molecule has 1 aliphatic rings. The van der Waals surface area contributed by atoms with Crippen LogP contribution in [0.15, 0.2) is 30.6 Å². The van der Waals surface area contributed by atoms with Crippen molar-refractivity contribution in [2.45, 2.75) is 39.2 Å². The predicted octanol–water partition coefficient (Wildman–Crippen LogP) is 2.63. The summed E-state index contributed by atoms with van der Waals surface area (Å²) in [5, 5.41) is 8.17. The third kappa shape index (κ3) is 2.89. The predicted molar refractivity (Wildman–Crippen MR) is 84.8 cm³/mol. The topological polar surface area (TPSA) is 51.0 Å². The van der Waals surface area contributed by atoms with Gasteiger partial charge in [-0.1, -0.05) is 24.6 Å². The number of carbonyl (C=O) groups is 1. The van der Waals surface area contributed by atoms with Gasteiger partial charge in [0.05, 0.1) is 0 Å². The molecule has 1 saturated heterocycles. The van der Waals surface area contributed by atoms with Gasteiger partial charge in [0, 0.05) is 31.1 Å². The number of amides is 1. The molecule has 0 N–H and O–H groups in total. The second-order valence-electron chi connectivity index (χ2n) is 5.90. The number of aromatic nitrogens is 3. The number of piperidine rings is 1. The third-order valence-electron chi connectivity index (χ3n) is 4.37. The van der Waals surface area contributed by atoms with Gasteiger partial charge in [0.25, 0.3) is 5.91 Å². The summed E-state index contributed by atoms with van der Waals surface area (Å²) >= 11 is 0. The molecule has 0 aliphatic carbocycles. The Kier molecular flexibility index (Phi) is 4.22. The average Bonchev–Trinajstić information content (AvgIpc) is 3.03. The lowest BCUT2D eigenvalue weighted by molar-refractivity contribution is 0.0693.